The van der Waals surface area contributed by atoms with Crippen molar-refractivity contribution in [3.63, 3.8) is 0 Å². The molecule has 0 fully saturated rings. The summed E-state index contributed by atoms with van der Waals surface area (Å²) >= 11 is 0. The van der Waals surface area contributed by atoms with Crippen molar-refractivity contribution in [1.29, 1.82) is 0 Å². The number of anilines is 1. The average Bonchev–Trinajstić information content (AvgIpc) is 2.90. The molecule has 6 heteroatoms. The van der Waals surface area contributed by atoms with Gasteiger partial charge in [-0.05, 0) is 25.5 Å². The predicted molar refractivity (Wildman–Crippen MR) is 80.7 cm³/mol. The number of carbonyl (C=O) groups is 2. The molecule has 0 atom stereocenters. The van der Waals surface area contributed by atoms with Gasteiger partial charge in [-0.1, -0.05) is 35.5 Å². The van der Waals surface area contributed by atoms with E-state index in [0.29, 0.717) is 16.7 Å². The number of amides is 1. The Hall–Kier alpha value is -3.02. The highest BCUT2D eigenvalue weighted by molar-refractivity contribution is 6.46. The molecule has 0 aliphatic carbocycles. The van der Waals surface area contributed by atoms with E-state index in [1.54, 1.807) is 30.3 Å². The Morgan fingerprint density at radius 3 is 2.59 bits per heavy atom. The zero-order valence-electron chi connectivity index (χ0n) is 12.1. The van der Waals surface area contributed by atoms with Crippen LogP contribution in [0.1, 0.15) is 21.6 Å². The van der Waals surface area contributed by atoms with E-state index in [-0.39, 0.29) is 5.82 Å². The summed E-state index contributed by atoms with van der Waals surface area (Å²) in [5.74, 6) is -1.19. The summed E-state index contributed by atoms with van der Waals surface area (Å²) < 4.78 is 5.11. The van der Waals surface area contributed by atoms with Crippen LogP contribution in [-0.2, 0) is 4.79 Å². The molecule has 0 aliphatic heterocycles. The zero-order chi connectivity index (χ0) is 15.7. The molecule has 2 heterocycles. The Kier molecular flexibility index (Phi) is 3.42. The molecule has 1 N–H and O–H groups in total. The Bertz CT molecular complexity index is 869. The fourth-order valence-electron chi connectivity index (χ4n) is 2.26. The van der Waals surface area contributed by atoms with Crippen molar-refractivity contribution in [1.82, 2.24) is 10.1 Å². The smallest absolute Gasteiger partial charge is 0.298 e. The largest absolute Gasteiger partial charge is 0.334 e. The van der Waals surface area contributed by atoms with Gasteiger partial charge in [0.2, 0.25) is 0 Å². The molecule has 3 rings (SSSR count). The van der Waals surface area contributed by atoms with Gasteiger partial charge in [-0.25, -0.2) is 4.98 Å². The predicted octanol–water partition coefficient (Wildman–Crippen LogP) is 2.66. The number of nitrogens with zero attached hydrogens (tertiary/aromatic N) is 2. The van der Waals surface area contributed by atoms with Crippen LogP contribution in [-0.4, -0.2) is 21.8 Å². The van der Waals surface area contributed by atoms with Gasteiger partial charge in [0.05, 0.1) is 5.39 Å². The molecular weight excluding hydrogens is 282 g/mol. The molecule has 110 valence electrons. The zero-order valence-corrected chi connectivity index (χ0v) is 12.1. The SMILES string of the molecule is Cc1cc(C)c2c(NC(=O)C(=O)c3ccccc3)noc2n1. The first-order valence-corrected chi connectivity index (χ1v) is 6.70. The molecule has 0 saturated carbocycles. The molecule has 0 unspecified atom stereocenters. The van der Waals surface area contributed by atoms with Crippen molar-refractivity contribution >= 4 is 28.6 Å². The van der Waals surface area contributed by atoms with Crippen molar-refractivity contribution in [2.75, 3.05) is 5.32 Å². The number of hydrogen-bond acceptors (Lipinski definition) is 5. The Morgan fingerprint density at radius 2 is 1.86 bits per heavy atom. The van der Waals surface area contributed by atoms with Gasteiger partial charge in [0, 0.05) is 11.3 Å². The van der Waals surface area contributed by atoms with E-state index in [4.69, 9.17) is 4.52 Å². The highest BCUT2D eigenvalue weighted by Gasteiger charge is 2.20. The van der Waals surface area contributed by atoms with Crippen LogP contribution in [0.3, 0.4) is 0 Å². The minimum absolute atomic E-state index is 0.203. The van der Waals surface area contributed by atoms with Crippen LogP contribution in [0.4, 0.5) is 5.82 Å². The molecule has 0 saturated heterocycles. The number of Topliss-reactive ketones (excluding diaryl/α,β-unsaturated/α-hetero) is 1. The van der Waals surface area contributed by atoms with Crippen LogP contribution in [0.5, 0.6) is 0 Å². The summed E-state index contributed by atoms with van der Waals surface area (Å²) in [7, 11) is 0. The summed E-state index contributed by atoms with van der Waals surface area (Å²) in [5, 5.41) is 6.88. The number of fused-ring (bicyclic) bond motifs is 1. The minimum Gasteiger partial charge on any atom is -0.334 e. The number of ketones is 1. The highest BCUT2D eigenvalue weighted by atomic mass is 16.5. The number of aromatic nitrogens is 2. The normalized spacial score (nSPS) is 10.6. The van der Waals surface area contributed by atoms with Gasteiger partial charge in [-0.3, -0.25) is 9.59 Å². The van der Waals surface area contributed by atoms with E-state index in [1.807, 2.05) is 19.9 Å². The molecule has 1 aromatic carbocycles. The summed E-state index contributed by atoms with van der Waals surface area (Å²) in [4.78, 5) is 28.3. The molecule has 3 aromatic rings. The lowest BCUT2D eigenvalue weighted by Gasteiger charge is -2.02. The minimum atomic E-state index is -0.763. The van der Waals surface area contributed by atoms with Crippen molar-refractivity contribution in [2.24, 2.45) is 0 Å². The molecule has 22 heavy (non-hydrogen) atoms. The number of hydrogen-bond donors (Lipinski definition) is 1. The van der Waals surface area contributed by atoms with Crippen molar-refractivity contribution in [2.45, 2.75) is 13.8 Å². The van der Waals surface area contributed by atoms with Crippen LogP contribution < -0.4 is 5.32 Å². The van der Waals surface area contributed by atoms with Gasteiger partial charge in [-0.15, -0.1) is 0 Å². The second-order valence-electron chi connectivity index (χ2n) is 4.94. The lowest BCUT2D eigenvalue weighted by Crippen LogP contribution is -2.23. The molecule has 1 amide bonds. The standard InChI is InChI=1S/C16H13N3O3/c1-9-8-10(2)17-16-12(9)14(19-22-16)18-15(21)13(20)11-6-4-3-5-7-11/h3-8H,1-2H3,(H,18,19,21). The van der Waals surface area contributed by atoms with Gasteiger partial charge >= 0.3 is 0 Å². The molecule has 2 aromatic heterocycles. The average molecular weight is 295 g/mol. The van der Waals surface area contributed by atoms with Gasteiger partial charge in [0.25, 0.3) is 17.4 Å². The number of nitrogens with one attached hydrogen (secondary N) is 1. The first kappa shape index (κ1) is 13.9. The van der Waals surface area contributed by atoms with Gasteiger partial charge in [-0.2, -0.15) is 0 Å². The van der Waals surface area contributed by atoms with Crippen molar-refractivity contribution < 1.29 is 14.1 Å². The van der Waals surface area contributed by atoms with E-state index in [1.165, 1.54) is 0 Å². The molecule has 0 spiro atoms. The molecule has 0 aliphatic rings. The van der Waals surface area contributed by atoms with E-state index >= 15 is 0 Å². The van der Waals surface area contributed by atoms with E-state index in [9.17, 15) is 9.59 Å². The van der Waals surface area contributed by atoms with Crippen LogP contribution in [0, 0.1) is 13.8 Å². The topological polar surface area (TPSA) is 85.1 Å². The number of rotatable bonds is 3. The second kappa shape index (κ2) is 5.40. The van der Waals surface area contributed by atoms with Gasteiger partial charge in [0.15, 0.2) is 5.82 Å². The number of benzene rings is 1. The first-order chi connectivity index (χ1) is 10.6. The quantitative estimate of drug-likeness (QED) is 0.593. The number of carbonyl (C=O) groups excluding carboxylic acids is 2. The number of pyridine rings is 1. The Labute approximate surface area is 126 Å². The lowest BCUT2D eigenvalue weighted by molar-refractivity contribution is -0.112. The Morgan fingerprint density at radius 1 is 1.14 bits per heavy atom. The first-order valence-electron chi connectivity index (χ1n) is 6.70. The maximum absolute atomic E-state index is 12.1. The van der Waals surface area contributed by atoms with Crippen LogP contribution in [0.25, 0.3) is 11.1 Å². The maximum Gasteiger partial charge on any atom is 0.298 e. The maximum atomic E-state index is 12.1. The fraction of sp³-hybridized carbons (Fsp3) is 0.125. The lowest BCUT2D eigenvalue weighted by atomic mass is 10.1. The summed E-state index contributed by atoms with van der Waals surface area (Å²) in [6.45, 7) is 3.70. The number of aryl methyl sites for hydroxylation is 2. The van der Waals surface area contributed by atoms with Crippen molar-refractivity contribution in [3.05, 3.63) is 53.2 Å². The molecule has 6 nitrogen and oxygen atoms in total. The summed E-state index contributed by atoms with van der Waals surface area (Å²) in [6, 6.07) is 10.2. The van der Waals surface area contributed by atoms with Crippen LogP contribution >= 0.6 is 0 Å². The third-order valence-electron chi connectivity index (χ3n) is 3.25. The second-order valence-corrected chi connectivity index (χ2v) is 4.94. The van der Waals surface area contributed by atoms with Crippen LogP contribution in [0.2, 0.25) is 0 Å². The van der Waals surface area contributed by atoms with Gasteiger partial charge < -0.3 is 9.84 Å². The molecule has 0 bridgehead atoms. The van der Waals surface area contributed by atoms with E-state index in [2.05, 4.69) is 15.5 Å². The Balaban J connectivity index is 1.91. The molecular formula is C16H13N3O3. The third kappa shape index (κ3) is 2.46. The summed E-state index contributed by atoms with van der Waals surface area (Å²) in [5.41, 5.74) is 2.31. The van der Waals surface area contributed by atoms with Crippen molar-refractivity contribution in [3.8, 4) is 0 Å². The molecule has 0 radical (unpaired) electrons. The van der Waals surface area contributed by atoms with Gasteiger partial charge in [0.1, 0.15) is 0 Å². The highest BCUT2D eigenvalue weighted by Crippen LogP contribution is 2.25. The summed E-state index contributed by atoms with van der Waals surface area (Å²) in [6.07, 6.45) is 0. The monoisotopic (exact) mass is 295 g/mol. The van der Waals surface area contributed by atoms with E-state index in [0.717, 1.165) is 11.3 Å². The van der Waals surface area contributed by atoms with E-state index < -0.39 is 11.7 Å². The third-order valence-corrected chi connectivity index (χ3v) is 3.25. The van der Waals surface area contributed by atoms with Crippen LogP contribution in [0.15, 0.2) is 40.9 Å². The fourth-order valence-corrected chi connectivity index (χ4v) is 2.26.